The van der Waals surface area contributed by atoms with Crippen LogP contribution in [0, 0.1) is 10.1 Å². The van der Waals surface area contributed by atoms with Gasteiger partial charge in [0.15, 0.2) is 0 Å². The smallest absolute Gasteiger partial charge is 0.410 e. The minimum atomic E-state index is -0.588. The molecule has 1 aromatic rings. The van der Waals surface area contributed by atoms with Crippen LogP contribution in [-0.4, -0.2) is 38.2 Å². The number of hydrogen-bond donors (Lipinski definition) is 2. The number of ether oxygens (including phenoxy) is 1. The first-order valence-corrected chi connectivity index (χ1v) is 8.34. The second-order valence-corrected chi connectivity index (χ2v) is 6.41. The Morgan fingerprint density at radius 2 is 1.76 bits per heavy atom. The van der Waals surface area contributed by atoms with Gasteiger partial charge < -0.3 is 19.8 Å². The van der Waals surface area contributed by atoms with Gasteiger partial charge in [0, 0.05) is 18.2 Å². The molecule has 0 aromatic heterocycles. The van der Waals surface area contributed by atoms with Gasteiger partial charge in [0.25, 0.3) is 5.69 Å². The van der Waals surface area contributed by atoms with Crippen molar-refractivity contribution in [3.05, 3.63) is 38.9 Å². The quantitative estimate of drug-likeness (QED) is 0.622. The lowest BCUT2D eigenvalue weighted by atomic mass is 9.98. The molecule has 2 rings (SSSR count). The Bertz CT molecular complexity index is 638. The zero-order valence-corrected chi connectivity index (χ0v) is 14.5. The molecule has 0 bridgehead atoms. The SMILES string of the molecule is CC1CCCC(C)N1C(=O)OCc1cc(CO)c(CO)cc1[N+](=O)[O-]. The number of aliphatic hydroxyl groups is 2. The Morgan fingerprint density at radius 3 is 2.28 bits per heavy atom. The number of carbonyl (C=O) groups excluding carboxylic acids is 1. The first-order valence-electron chi connectivity index (χ1n) is 8.34. The summed E-state index contributed by atoms with van der Waals surface area (Å²) < 4.78 is 5.31. The summed E-state index contributed by atoms with van der Waals surface area (Å²) in [6.45, 7) is 2.87. The fourth-order valence-corrected chi connectivity index (χ4v) is 3.30. The lowest BCUT2D eigenvalue weighted by Crippen LogP contribution is -2.47. The van der Waals surface area contributed by atoms with Crippen molar-refractivity contribution in [3.8, 4) is 0 Å². The van der Waals surface area contributed by atoms with Gasteiger partial charge in [-0.1, -0.05) is 0 Å². The van der Waals surface area contributed by atoms with Crippen LogP contribution in [0.15, 0.2) is 12.1 Å². The highest BCUT2D eigenvalue weighted by Gasteiger charge is 2.30. The minimum Gasteiger partial charge on any atom is -0.444 e. The molecule has 1 aliphatic rings. The second kappa shape index (κ2) is 8.26. The summed E-state index contributed by atoms with van der Waals surface area (Å²) in [7, 11) is 0. The molecule has 138 valence electrons. The normalized spacial score (nSPS) is 20.4. The van der Waals surface area contributed by atoms with E-state index >= 15 is 0 Å². The molecule has 8 nitrogen and oxygen atoms in total. The fraction of sp³-hybridized carbons (Fsp3) is 0.588. The molecule has 0 saturated carbocycles. The van der Waals surface area contributed by atoms with Gasteiger partial charge in [-0.15, -0.1) is 0 Å². The van der Waals surface area contributed by atoms with E-state index in [0.717, 1.165) is 19.3 Å². The van der Waals surface area contributed by atoms with Gasteiger partial charge in [0.1, 0.15) is 6.61 Å². The van der Waals surface area contributed by atoms with Crippen molar-refractivity contribution in [1.29, 1.82) is 0 Å². The summed E-state index contributed by atoms with van der Waals surface area (Å²) in [6.07, 6.45) is 2.37. The molecule has 25 heavy (non-hydrogen) atoms. The fourth-order valence-electron chi connectivity index (χ4n) is 3.30. The molecule has 1 heterocycles. The first-order chi connectivity index (χ1) is 11.9. The largest absolute Gasteiger partial charge is 0.444 e. The van der Waals surface area contributed by atoms with Gasteiger partial charge >= 0.3 is 6.09 Å². The van der Waals surface area contributed by atoms with E-state index in [2.05, 4.69) is 0 Å². The van der Waals surface area contributed by atoms with E-state index < -0.39 is 17.6 Å². The van der Waals surface area contributed by atoms with Crippen molar-refractivity contribution in [1.82, 2.24) is 4.90 Å². The van der Waals surface area contributed by atoms with Gasteiger partial charge in [0.05, 0.1) is 23.7 Å². The van der Waals surface area contributed by atoms with Crippen LogP contribution in [0.5, 0.6) is 0 Å². The molecule has 0 radical (unpaired) electrons. The van der Waals surface area contributed by atoms with Crippen molar-refractivity contribution < 1.29 is 24.7 Å². The molecule has 0 spiro atoms. The van der Waals surface area contributed by atoms with Crippen LogP contribution in [-0.2, 0) is 24.6 Å². The number of amides is 1. The number of likely N-dealkylation sites (tertiary alicyclic amines) is 1. The lowest BCUT2D eigenvalue weighted by Gasteiger charge is -2.37. The van der Waals surface area contributed by atoms with Gasteiger partial charge in [-0.2, -0.15) is 0 Å². The third kappa shape index (κ3) is 4.26. The van der Waals surface area contributed by atoms with Crippen LogP contribution in [0.2, 0.25) is 0 Å². The van der Waals surface area contributed by atoms with Gasteiger partial charge in [-0.25, -0.2) is 4.79 Å². The van der Waals surface area contributed by atoms with E-state index in [-0.39, 0.29) is 42.1 Å². The van der Waals surface area contributed by atoms with Crippen molar-refractivity contribution in [2.45, 2.75) is 65.0 Å². The average molecular weight is 352 g/mol. The van der Waals surface area contributed by atoms with Gasteiger partial charge in [-0.3, -0.25) is 10.1 Å². The van der Waals surface area contributed by atoms with E-state index in [0.29, 0.717) is 5.56 Å². The molecule has 1 fully saturated rings. The second-order valence-electron chi connectivity index (χ2n) is 6.41. The number of nitro benzene ring substituents is 1. The minimum absolute atomic E-state index is 0.0657. The molecule has 2 N–H and O–H groups in total. The number of nitro groups is 1. The van der Waals surface area contributed by atoms with Crippen molar-refractivity contribution >= 4 is 11.8 Å². The maximum Gasteiger partial charge on any atom is 0.410 e. The Kier molecular flexibility index (Phi) is 6.33. The maximum absolute atomic E-state index is 12.4. The number of benzene rings is 1. The zero-order chi connectivity index (χ0) is 18.6. The maximum atomic E-state index is 12.4. The predicted octanol–water partition coefficient (Wildman–Crippen LogP) is 2.48. The highest BCUT2D eigenvalue weighted by Crippen LogP contribution is 2.27. The standard InChI is InChI=1S/C17H24N2O6/c1-11-4-3-5-12(2)18(11)17(22)25-10-15-6-13(8-20)14(9-21)7-16(15)19(23)24/h6-7,11-12,20-21H,3-5,8-10H2,1-2H3. The monoisotopic (exact) mass is 352 g/mol. The third-order valence-corrected chi connectivity index (χ3v) is 4.69. The Labute approximate surface area is 146 Å². The van der Waals surface area contributed by atoms with Crippen LogP contribution < -0.4 is 0 Å². The number of piperidine rings is 1. The summed E-state index contributed by atoms with van der Waals surface area (Å²) in [4.78, 5) is 24.7. The van der Waals surface area contributed by atoms with E-state index in [4.69, 9.17) is 4.74 Å². The van der Waals surface area contributed by atoms with Crippen LogP contribution in [0.4, 0.5) is 10.5 Å². The van der Waals surface area contributed by atoms with Crippen LogP contribution in [0.25, 0.3) is 0 Å². The Morgan fingerprint density at radius 1 is 1.20 bits per heavy atom. The van der Waals surface area contributed by atoms with Crippen molar-refractivity contribution in [2.75, 3.05) is 0 Å². The highest BCUT2D eigenvalue weighted by molar-refractivity contribution is 5.68. The number of carbonyl (C=O) groups is 1. The topological polar surface area (TPSA) is 113 Å². The third-order valence-electron chi connectivity index (χ3n) is 4.69. The Balaban J connectivity index is 2.18. The summed E-state index contributed by atoms with van der Waals surface area (Å²) in [5.41, 5.74) is 0.604. The highest BCUT2D eigenvalue weighted by atomic mass is 16.6. The molecule has 1 saturated heterocycles. The summed E-state index contributed by atoms with van der Waals surface area (Å²) >= 11 is 0. The molecule has 1 aliphatic heterocycles. The van der Waals surface area contributed by atoms with Crippen LogP contribution in [0.1, 0.15) is 49.8 Å². The van der Waals surface area contributed by atoms with E-state index in [1.165, 1.54) is 12.1 Å². The van der Waals surface area contributed by atoms with E-state index in [1.807, 2.05) is 13.8 Å². The van der Waals surface area contributed by atoms with Crippen LogP contribution >= 0.6 is 0 Å². The predicted molar refractivity (Wildman–Crippen MR) is 89.7 cm³/mol. The van der Waals surface area contributed by atoms with Crippen molar-refractivity contribution in [2.24, 2.45) is 0 Å². The van der Waals surface area contributed by atoms with Gasteiger partial charge in [0.2, 0.25) is 0 Å². The lowest BCUT2D eigenvalue weighted by molar-refractivity contribution is -0.385. The number of hydrogen-bond acceptors (Lipinski definition) is 6. The molecule has 2 atom stereocenters. The molecule has 1 amide bonds. The molecule has 8 heteroatoms. The van der Waals surface area contributed by atoms with E-state index in [9.17, 15) is 25.1 Å². The van der Waals surface area contributed by atoms with Crippen LogP contribution in [0.3, 0.4) is 0 Å². The first kappa shape index (κ1) is 19.1. The molecule has 1 aromatic carbocycles. The number of nitrogens with zero attached hydrogens (tertiary/aromatic N) is 2. The summed E-state index contributed by atoms with van der Waals surface area (Å²) in [5, 5.41) is 29.9. The van der Waals surface area contributed by atoms with E-state index in [1.54, 1.807) is 4.90 Å². The molecular weight excluding hydrogens is 328 g/mol. The molecular formula is C17H24N2O6. The van der Waals surface area contributed by atoms with Gasteiger partial charge in [-0.05, 0) is 50.3 Å². The molecule has 0 aliphatic carbocycles. The summed E-state index contributed by atoms with van der Waals surface area (Å²) in [6, 6.07) is 2.74. The Hall–Kier alpha value is -2.19. The molecule has 2 unspecified atom stereocenters. The number of rotatable bonds is 5. The number of aliphatic hydroxyl groups excluding tert-OH is 2. The van der Waals surface area contributed by atoms with Crippen molar-refractivity contribution in [3.63, 3.8) is 0 Å². The zero-order valence-electron chi connectivity index (χ0n) is 14.5. The average Bonchev–Trinajstić information content (AvgIpc) is 2.58. The summed E-state index contributed by atoms with van der Waals surface area (Å²) in [5.74, 6) is 0.